The molecule has 7 heteroatoms. The van der Waals surface area contributed by atoms with Gasteiger partial charge >= 0.3 is 6.18 Å². The highest BCUT2D eigenvalue weighted by Gasteiger charge is 2.50. The van der Waals surface area contributed by atoms with Gasteiger partial charge in [-0.3, -0.25) is 4.98 Å². The monoisotopic (exact) mass is 421 g/mol. The number of aliphatic hydroxyl groups excluding tert-OH is 1. The largest absolute Gasteiger partial charge is 0.416 e. The summed E-state index contributed by atoms with van der Waals surface area (Å²) in [5, 5.41) is 10.4. The Hall–Kier alpha value is -1.18. The van der Waals surface area contributed by atoms with Gasteiger partial charge in [0.05, 0.1) is 12.1 Å². The van der Waals surface area contributed by atoms with Crippen molar-refractivity contribution in [1.29, 1.82) is 0 Å². The molecule has 0 spiro atoms. The van der Waals surface area contributed by atoms with Crippen molar-refractivity contribution in [3.8, 4) is 0 Å². The second kappa shape index (κ2) is 8.47. The molecule has 1 N–H and O–H groups in total. The number of halogens is 4. The molecule has 140 valence electrons. The zero-order valence-electron chi connectivity index (χ0n) is 14.9. The summed E-state index contributed by atoms with van der Waals surface area (Å²) in [5.74, 6) is 0. The number of pyridine rings is 1. The van der Waals surface area contributed by atoms with Gasteiger partial charge in [-0.15, -0.1) is 0 Å². The molecule has 0 radical (unpaired) electrons. The normalized spacial score (nSPS) is 13.4. The SMILES string of the molecule is CC.Cc1cc2ncccc2c(Br)c1C(CO)OC(C)(C)C(F)(F)F. The molecule has 2 rings (SSSR count). The van der Waals surface area contributed by atoms with Crippen molar-refractivity contribution in [2.24, 2.45) is 0 Å². The number of nitrogens with zero attached hydrogens (tertiary/aromatic N) is 1. The molecule has 0 aliphatic rings. The highest BCUT2D eigenvalue weighted by molar-refractivity contribution is 9.10. The van der Waals surface area contributed by atoms with Gasteiger partial charge in [0.2, 0.25) is 0 Å². The Bertz CT molecular complexity index is 717. The van der Waals surface area contributed by atoms with E-state index in [9.17, 15) is 18.3 Å². The van der Waals surface area contributed by atoms with Crippen molar-refractivity contribution >= 4 is 26.8 Å². The first kappa shape index (κ1) is 21.9. The predicted molar refractivity (Wildman–Crippen MR) is 96.6 cm³/mol. The third-order valence-electron chi connectivity index (χ3n) is 3.70. The van der Waals surface area contributed by atoms with Crippen molar-refractivity contribution in [3.63, 3.8) is 0 Å². The number of aryl methyl sites for hydroxylation is 1. The van der Waals surface area contributed by atoms with E-state index in [0.717, 1.165) is 19.2 Å². The first-order valence-corrected chi connectivity index (χ1v) is 8.77. The topological polar surface area (TPSA) is 42.4 Å². The summed E-state index contributed by atoms with van der Waals surface area (Å²) >= 11 is 3.42. The molecule has 0 bridgehead atoms. The van der Waals surface area contributed by atoms with Gasteiger partial charge in [0.1, 0.15) is 6.10 Å². The average molecular weight is 422 g/mol. The van der Waals surface area contributed by atoms with Crippen LogP contribution in [0.1, 0.15) is 44.9 Å². The van der Waals surface area contributed by atoms with Gasteiger partial charge in [0, 0.05) is 21.6 Å². The zero-order valence-corrected chi connectivity index (χ0v) is 16.5. The second-order valence-electron chi connectivity index (χ2n) is 5.79. The van der Waals surface area contributed by atoms with Crippen molar-refractivity contribution in [2.45, 2.75) is 52.5 Å². The van der Waals surface area contributed by atoms with Crippen LogP contribution in [0.5, 0.6) is 0 Å². The van der Waals surface area contributed by atoms with E-state index in [2.05, 4.69) is 20.9 Å². The van der Waals surface area contributed by atoms with E-state index in [1.165, 1.54) is 0 Å². The molecule has 1 unspecified atom stereocenters. The first-order chi connectivity index (χ1) is 11.6. The molecule has 0 fully saturated rings. The number of aliphatic hydroxyl groups is 1. The van der Waals surface area contributed by atoms with Gasteiger partial charge in [-0.2, -0.15) is 13.2 Å². The maximum absolute atomic E-state index is 13.1. The first-order valence-electron chi connectivity index (χ1n) is 7.97. The third-order valence-corrected chi connectivity index (χ3v) is 4.55. The Kier molecular flexibility index (Phi) is 7.40. The highest BCUT2D eigenvalue weighted by atomic mass is 79.9. The molecule has 0 saturated heterocycles. The van der Waals surface area contributed by atoms with Crippen molar-refractivity contribution < 1.29 is 23.0 Å². The molecule has 1 heterocycles. The summed E-state index contributed by atoms with van der Waals surface area (Å²) in [6.07, 6.45) is -4.01. The van der Waals surface area contributed by atoms with Gasteiger partial charge in [0.15, 0.2) is 5.60 Å². The summed E-state index contributed by atoms with van der Waals surface area (Å²) < 4.78 is 45.0. The van der Waals surface area contributed by atoms with E-state index >= 15 is 0 Å². The number of hydrogen-bond acceptors (Lipinski definition) is 3. The van der Waals surface area contributed by atoms with Crippen LogP contribution in [0.3, 0.4) is 0 Å². The van der Waals surface area contributed by atoms with Crippen LogP contribution >= 0.6 is 15.9 Å². The van der Waals surface area contributed by atoms with Crippen molar-refractivity contribution in [2.75, 3.05) is 6.61 Å². The minimum absolute atomic E-state index is 0.491. The molecule has 1 atom stereocenters. The van der Waals surface area contributed by atoms with E-state index in [4.69, 9.17) is 4.74 Å². The van der Waals surface area contributed by atoms with E-state index in [-0.39, 0.29) is 0 Å². The molecule has 0 amide bonds. The molecule has 0 aliphatic carbocycles. The fourth-order valence-corrected chi connectivity index (χ4v) is 3.23. The molecule has 0 saturated carbocycles. The molecule has 0 aliphatic heterocycles. The number of alkyl halides is 3. The minimum atomic E-state index is -4.54. The van der Waals surface area contributed by atoms with E-state index in [1.54, 1.807) is 31.3 Å². The number of aromatic nitrogens is 1. The summed E-state index contributed by atoms with van der Waals surface area (Å²) in [4.78, 5) is 4.23. The van der Waals surface area contributed by atoms with E-state index < -0.39 is 24.5 Å². The summed E-state index contributed by atoms with van der Waals surface area (Å²) in [6.45, 7) is 7.08. The van der Waals surface area contributed by atoms with Crippen molar-refractivity contribution in [1.82, 2.24) is 4.98 Å². The molecule has 25 heavy (non-hydrogen) atoms. The highest BCUT2D eigenvalue weighted by Crippen LogP contribution is 2.41. The van der Waals surface area contributed by atoms with Gasteiger partial charge in [0.25, 0.3) is 0 Å². The molecular formula is C18H23BrF3NO2. The maximum atomic E-state index is 13.1. The van der Waals surface area contributed by atoms with Crippen LogP contribution in [0.15, 0.2) is 28.9 Å². The number of ether oxygens (including phenoxy) is 1. The lowest BCUT2D eigenvalue weighted by Crippen LogP contribution is -2.43. The zero-order chi connectivity index (χ0) is 19.4. The molecule has 1 aromatic carbocycles. The van der Waals surface area contributed by atoms with Crippen LogP contribution in [0.25, 0.3) is 10.9 Å². The Morgan fingerprint density at radius 1 is 1.28 bits per heavy atom. The molecule has 2 aromatic rings. The standard InChI is InChI=1S/C16H17BrF3NO2.C2H6/c1-9-7-11-10(5-4-6-21-11)14(17)13(9)12(8-22)23-15(2,3)16(18,19)20;1-2/h4-7,12,22H,8H2,1-3H3;1-2H3. The van der Waals surface area contributed by atoms with Crippen LogP contribution in [0.4, 0.5) is 13.2 Å². The summed E-state index contributed by atoms with van der Waals surface area (Å²) in [6, 6.07) is 5.31. The third kappa shape index (κ3) is 4.71. The van der Waals surface area contributed by atoms with Gasteiger partial charge < -0.3 is 9.84 Å². The van der Waals surface area contributed by atoms with Crippen LogP contribution in [-0.4, -0.2) is 28.5 Å². The summed E-state index contributed by atoms with van der Waals surface area (Å²) in [7, 11) is 0. The quantitative estimate of drug-likeness (QED) is 0.685. The molecule has 1 aromatic heterocycles. The smallest absolute Gasteiger partial charge is 0.393 e. The fraction of sp³-hybridized carbons (Fsp3) is 0.500. The number of hydrogen-bond donors (Lipinski definition) is 1. The van der Waals surface area contributed by atoms with E-state index in [0.29, 0.717) is 21.1 Å². The Balaban J connectivity index is 0.00000151. The lowest BCUT2D eigenvalue weighted by Gasteiger charge is -2.33. The van der Waals surface area contributed by atoms with Crippen LogP contribution in [0, 0.1) is 6.92 Å². The van der Waals surface area contributed by atoms with E-state index in [1.807, 2.05) is 13.8 Å². The molecular weight excluding hydrogens is 399 g/mol. The Morgan fingerprint density at radius 2 is 1.88 bits per heavy atom. The number of rotatable bonds is 4. The van der Waals surface area contributed by atoms with Gasteiger partial charge in [-0.05, 0) is 54.4 Å². The van der Waals surface area contributed by atoms with Gasteiger partial charge in [-0.1, -0.05) is 19.9 Å². The van der Waals surface area contributed by atoms with Crippen LogP contribution in [0.2, 0.25) is 0 Å². The lowest BCUT2D eigenvalue weighted by atomic mass is 9.99. The second-order valence-corrected chi connectivity index (χ2v) is 6.58. The minimum Gasteiger partial charge on any atom is -0.393 e. The number of benzene rings is 1. The Labute approximate surface area is 154 Å². The van der Waals surface area contributed by atoms with Gasteiger partial charge in [-0.25, -0.2) is 0 Å². The fourth-order valence-electron chi connectivity index (χ4n) is 2.32. The number of fused-ring (bicyclic) bond motifs is 1. The predicted octanol–water partition coefficient (Wildman–Crippen LogP) is 5.72. The Morgan fingerprint density at radius 3 is 2.40 bits per heavy atom. The van der Waals surface area contributed by atoms with Crippen LogP contribution in [-0.2, 0) is 4.74 Å². The maximum Gasteiger partial charge on any atom is 0.416 e. The molecule has 3 nitrogen and oxygen atoms in total. The lowest BCUT2D eigenvalue weighted by molar-refractivity contribution is -0.280. The van der Waals surface area contributed by atoms with Crippen LogP contribution < -0.4 is 0 Å². The average Bonchev–Trinajstić information content (AvgIpc) is 2.54. The summed E-state index contributed by atoms with van der Waals surface area (Å²) in [5.41, 5.74) is -0.478. The van der Waals surface area contributed by atoms with Crippen molar-refractivity contribution in [3.05, 3.63) is 40.0 Å².